The number of benzene rings is 2. The molecule has 0 aliphatic heterocycles. The predicted octanol–water partition coefficient (Wildman–Crippen LogP) is 4.18. The van der Waals surface area contributed by atoms with Gasteiger partial charge in [0.15, 0.2) is 0 Å². The zero-order valence-electron chi connectivity index (χ0n) is 15.4. The van der Waals surface area contributed by atoms with Crippen LogP contribution in [0, 0.1) is 19.7 Å². The van der Waals surface area contributed by atoms with Gasteiger partial charge in [0.05, 0.1) is 4.90 Å². The van der Waals surface area contributed by atoms with Crippen LogP contribution in [0.15, 0.2) is 47.5 Å². The van der Waals surface area contributed by atoms with Crippen molar-refractivity contribution in [1.82, 2.24) is 9.71 Å². The van der Waals surface area contributed by atoms with Gasteiger partial charge in [0.1, 0.15) is 5.82 Å². The van der Waals surface area contributed by atoms with E-state index in [-0.39, 0.29) is 12.4 Å². The van der Waals surface area contributed by atoms with E-state index in [1.807, 2.05) is 39.1 Å². The third-order valence-corrected chi connectivity index (χ3v) is 6.25. The van der Waals surface area contributed by atoms with Gasteiger partial charge in [-0.15, -0.1) is 0 Å². The lowest BCUT2D eigenvalue weighted by molar-refractivity contribution is 0.504. The van der Waals surface area contributed by atoms with Gasteiger partial charge in [-0.25, -0.2) is 17.5 Å². The van der Waals surface area contributed by atoms with Crippen molar-refractivity contribution in [2.45, 2.75) is 38.0 Å². The molecule has 6 heteroatoms. The van der Waals surface area contributed by atoms with Gasteiger partial charge < -0.3 is 4.98 Å². The molecule has 0 aliphatic carbocycles. The normalized spacial score (nSPS) is 12.7. The fraction of sp³-hybridized carbons (Fsp3) is 0.300. The number of hydrogen-bond acceptors (Lipinski definition) is 2. The number of aromatic nitrogens is 1. The van der Waals surface area contributed by atoms with E-state index < -0.39 is 15.4 Å². The first-order valence-electron chi connectivity index (χ1n) is 8.44. The molecular formula is C20H23FN2O2S. The average molecular weight is 374 g/mol. The van der Waals surface area contributed by atoms with Gasteiger partial charge >= 0.3 is 0 Å². The molecule has 0 amide bonds. The van der Waals surface area contributed by atoms with Crippen LogP contribution in [0.25, 0.3) is 10.9 Å². The zero-order chi connectivity index (χ0) is 19.1. The highest BCUT2D eigenvalue weighted by molar-refractivity contribution is 7.89. The number of fused-ring (bicyclic) bond motifs is 1. The molecule has 0 spiro atoms. The summed E-state index contributed by atoms with van der Waals surface area (Å²) in [6, 6.07) is 9.95. The summed E-state index contributed by atoms with van der Waals surface area (Å²) < 4.78 is 41.6. The molecule has 0 unspecified atom stereocenters. The number of aromatic amines is 1. The first-order chi connectivity index (χ1) is 12.1. The Labute approximate surface area is 153 Å². The summed E-state index contributed by atoms with van der Waals surface area (Å²) in [6.45, 7) is 7.81. The number of H-pyrrole nitrogens is 1. The van der Waals surface area contributed by atoms with Crippen LogP contribution < -0.4 is 4.72 Å². The minimum absolute atomic E-state index is 0.229. The lowest BCUT2D eigenvalue weighted by atomic mass is 9.85. The maximum Gasteiger partial charge on any atom is 0.240 e. The number of rotatable bonds is 5. The SMILES string of the molecule is Cc1ccc(C)c(S(=O)(=O)NCC(C)(C)c2c[nH]c3cc(F)ccc23)c1. The Hall–Kier alpha value is -2.18. The minimum atomic E-state index is -3.62. The fourth-order valence-electron chi connectivity index (χ4n) is 3.10. The van der Waals surface area contributed by atoms with E-state index in [0.717, 1.165) is 16.5 Å². The second kappa shape index (κ2) is 6.52. The van der Waals surface area contributed by atoms with Gasteiger partial charge in [0.25, 0.3) is 0 Å². The number of hydrogen-bond donors (Lipinski definition) is 2. The lowest BCUT2D eigenvalue weighted by Gasteiger charge is -2.25. The van der Waals surface area contributed by atoms with Crippen LogP contribution in [-0.2, 0) is 15.4 Å². The van der Waals surface area contributed by atoms with Gasteiger partial charge in [-0.2, -0.15) is 0 Å². The topological polar surface area (TPSA) is 62.0 Å². The van der Waals surface area contributed by atoms with Crippen molar-refractivity contribution in [3.63, 3.8) is 0 Å². The molecule has 0 bridgehead atoms. The van der Waals surface area contributed by atoms with E-state index in [1.54, 1.807) is 19.1 Å². The Morgan fingerprint density at radius 3 is 2.58 bits per heavy atom. The second-order valence-electron chi connectivity index (χ2n) is 7.37. The maximum atomic E-state index is 13.4. The van der Waals surface area contributed by atoms with Gasteiger partial charge in [0.2, 0.25) is 10.0 Å². The third-order valence-electron chi connectivity index (χ3n) is 4.71. The molecule has 138 valence electrons. The van der Waals surface area contributed by atoms with E-state index in [2.05, 4.69) is 9.71 Å². The Bertz CT molecular complexity index is 1070. The van der Waals surface area contributed by atoms with Gasteiger partial charge in [-0.1, -0.05) is 26.0 Å². The number of sulfonamides is 1. The van der Waals surface area contributed by atoms with Crippen molar-refractivity contribution in [3.05, 3.63) is 65.1 Å². The largest absolute Gasteiger partial charge is 0.361 e. The number of nitrogens with one attached hydrogen (secondary N) is 2. The second-order valence-corrected chi connectivity index (χ2v) is 9.11. The third kappa shape index (κ3) is 3.52. The summed E-state index contributed by atoms with van der Waals surface area (Å²) in [4.78, 5) is 3.36. The Balaban J connectivity index is 1.88. The quantitative estimate of drug-likeness (QED) is 0.704. The Morgan fingerprint density at radius 2 is 1.85 bits per heavy atom. The summed E-state index contributed by atoms with van der Waals surface area (Å²) >= 11 is 0. The highest BCUT2D eigenvalue weighted by Crippen LogP contribution is 2.31. The van der Waals surface area contributed by atoms with Crippen molar-refractivity contribution in [1.29, 1.82) is 0 Å². The smallest absolute Gasteiger partial charge is 0.240 e. The van der Waals surface area contributed by atoms with E-state index in [0.29, 0.717) is 16.0 Å². The monoisotopic (exact) mass is 374 g/mol. The molecule has 0 aliphatic rings. The molecule has 2 aromatic carbocycles. The Kier molecular flexibility index (Phi) is 4.67. The molecule has 1 aromatic heterocycles. The van der Waals surface area contributed by atoms with Crippen molar-refractivity contribution >= 4 is 20.9 Å². The molecule has 0 radical (unpaired) electrons. The molecule has 0 saturated heterocycles. The predicted molar refractivity (Wildman–Crippen MR) is 102 cm³/mol. The summed E-state index contributed by atoms with van der Waals surface area (Å²) in [5.74, 6) is -0.306. The van der Waals surface area contributed by atoms with Crippen LogP contribution in [0.1, 0.15) is 30.5 Å². The van der Waals surface area contributed by atoms with E-state index in [1.165, 1.54) is 12.1 Å². The first kappa shape index (κ1) is 18.6. The Morgan fingerprint density at radius 1 is 1.12 bits per heavy atom. The molecule has 26 heavy (non-hydrogen) atoms. The highest BCUT2D eigenvalue weighted by Gasteiger charge is 2.27. The molecule has 0 saturated carbocycles. The molecule has 3 aromatic rings. The van der Waals surface area contributed by atoms with E-state index >= 15 is 0 Å². The molecule has 4 nitrogen and oxygen atoms in total. The molecule has 0 fully saturated rings. The minimum Gasteiger partial charge on any atom is -0.361 e. The van der Waals surface area contributed by atoms with Crippen LogP contribution in [0.3, 0.4) is 0 Å². The van der Waals surface area contributed by atoms with Crippen LogP contribution in [0.4, 0.5) is 4.39 Å². The van der Waals surface area contributed by atoms with Gasteiger partial charge in [0, 0.05) is 29.1 Å². The molecule has 3 rings (SSSR count). The molecule has 0 atom stereocenters. The number of halogens is 1. The van der Waals surface area contributed by atoms with E-state index in [4.69, 9.17) is 0 Å². The van der Waals surface area contributed by atoms with Crippen molar-refractivity contribution in [2.75, 3.05) is 6.54 Å². The van der Waals surface area contributed by atoms with Crippen LogP contribution in [0.2, 0.25) is 0 Å². The van der Waals surface area contributed by atoms with Crippen LogP contribution >= 0.6 is 0 Å². The highest BCUT2D eigenvalue weighted by atomic mass is 32.2. The summed E-state index contributed by atoms with van der Waals surface area (Å²) in [5, 5.41) is 0.891. The van der Waals surface area contributed by atoms with E-state index in [9.17, 15) is 12.8 Å². The number of aryl methyl sites for hydroxylation is 2. The van der Waals surface area contributed by atoms with Crippen LogP contribution in [-0.4, -0.2) is 19.9 Å². The summed E-state index contributed by atoms with van der Waals surface area (Å²) in [7, 11) is -3.62. The molecular weight excluding hydrogens is 351 g/mol. The fourth-order valence-corrected chi connectivity index (χ4v) is 4.64. The zero-order valence-corrected chi connectivity index (χ0v) is 16.2. The summed E-state index contributed by atoms with van der Waals surface area (Å²) in [6.07, 6.45) is 1.82. The van der Waals surface area contributed by atoms with Crippen molar-refractivity contribution < 1.29 is 12.8 Å². The first-order valence-corrected chi connectivity index (χ1v) is 9.92. The standard InChI is InChI=1S/C20H23FN2O2S/c1-13-5-6-14(2)19(9-13)26(24,25)23-12-20(3,4)17-11-22-18-10-15(21)7-8-16(17)18/h5-11,22-23H,12H2,1-4H3. The molecule has 1 heterocycles. The maximum absolute atomic E-state index is 13.4. The van der Waals surface area contributed by atoms with Crippen molar-refractivity contribution in [3.8, 4) is 0 Å². The lowest BCUT2D eigenvalue weighted by Crippen LogP contribution is -2.36. The van der Waals surface area contributed by atoms with Crippen molar-refractivity contribution in [2.24, 2.45) is 0 Å². The van der Waals surface area contributed by atoms with Gasteiger partial charge in [-0.05, 0) is 54.8 Å². The summed E-state index contributed by atoms with van der Waals surface area (Å²) in [5.41, 5.74) is 2.78. The van der Waals surface area contributed by atoms with Crippen LogP contribution in [0.5, 0.6) is 0 Å². The average Bonchev–Trinajstić information content (AvgIpc) is 2.99. The van der Waals surface area contributed by atoms with Gasteiger partial charge in [-0.3, -0.25) is 0 Å². The molecule has 2 N–H and O–H groups in total.